The maximum Gasteiger partial charge on any atom is 0.353 e. The summed E-state index contributed by atoms with van der Waals surface area (Å²) in [4.78, 5) is 67.6. The van der Waals surface area contributed by atoms with E-state index in [0.717, 1.165) is 0 Å². The smallest absolute Gasteiger partial charge is 0.353 e. The molecule has 0 saturated carbocycles. The molecule has 0 bridgehead atoms. The second-order valence-corrected chi connectivity index (χ2v) is 5.05. The Morgan fingerprint density at radius 3 is 1.00 bits per heavy atom. The second kappa shape index (κ2) is 6.52. The molecule has 0 aliphatic carbocycles. The van der Waals surface area contributed by atoms with Gasteiger partial charge in [-0.3, -0.25) is 19.2 Å². The Hall–Kier alpha value is -3.18. The Kier molecular flexibility index (Phi) is 5.12. The fraction of sp³-hybridized carbons (Fsp3) is 0.500. The molecule has 12 nitrogen and oxygen atoms in total. The minimum absolute atomic E-state index is 1.25. The van der Waals surface area contributed by atoms with Gasteiger partial charge in [0.1, 0.15) is 0 Å². The second-order valence-electron chi connectivity index (χ2n) is 5.05. The van der Waals surface area contributed by atoms with Crippen molar-refractivity contribution < 1.29 is 58.7 Å². The number of hydrogen-bond acceptors (Lipinski definition) is 8. The Balaban J connectivity index is 3.29. The fourth-order valence-electron chi connectivity index (χ4n) is 2.16. The van der Waals surface area contributed by atoms with E-state index in [0.29, 0.717) is 0 Å². The van der Waals surface area contributed by atoms with Gasteiger partial charge < -0.3 is 29.9 Å². The number of carbonyl (C=O) groups excluding carboxylic acids is 2. The molecule has 1 fully saturated rings. The zero-order chi connectivity index (χ0) is 18.7. The number of carboxylic acids is 4. The first-order valence-corrected chi connectivity index (χ1v) is 6.26. The molecule has 0 aromatic carbocycles. The average molecular weight is 348 g/mol. The van der Waals surface area contributed by atoms with Crippen LogP contribution in [0, 0.1) is 0 Å². The van der Waals surface area contributed by atoms with Gasteiger partial charge in [0.05, 0.1) is 25.7 Å². The minimum atomic E-state index is -2.71. The molecule has 0 aromatic rings. The third kappa shape index (κ3) is 3.97. The van der Waals surface area contributed by atoms with Crippen molar-refractivity contribution in [3.05, 3.63) is 0 Å². The normalized spacial score (nSPS) is 18.2. The largest absolute Gasteiger partial charge is 0.481 e. The molecule has 24 heavy (non-hydrogen) atoms. The van der Waals surface area contributed by atoms with Gasteiger partial charge in [0.25, 0.3) is 0 Å². The first-order valence-electron chi connectivity index (χ1n) is 6.26. The van der Waals surface area contributed by atoms with E-state index >= 15 is 0 Å². The zero-order valence-corrected chi connectivity index (χ0v) is 11.9. The monoisotopic (exact) mass is 348 g/mol. The summed E-state index contributed by atoms with van der Waals surface area (Å²) in [5, 5.41) is 35.2. The first-order chi connectivity index (χ1) is 10.9. The molecule has 12 heteroatoms. The SMILES string of the molecule is O=C(O)CC1(CC(=O)O)OC(=O)C(CC(=O)O)(CC(=O)O)OC1=O. The Morgan fingerprint density at radius 1 is 0.625 bits per heavy atom. The lowest BCUT2D eigenvalue weighted by molar-refractivity contribution is -0.233. The van der Waals surface area contributed by atoms with Gasteiger partial charge in [-0.2, -0.15) is 0 Å². The molecule has 0 amide bonds. The molecule has 132 valence electrons. The van der Waals surface area contributed by atoms with Crippen molar-refractivity contribution in [3.8, 4) is 0 Å². The number of cyclic esters (lactones) is 2. The Bertz CT molecular complexity index is 532. The number of hydrogen-bond donors (Lipinski definition) is 4. The van der Waals surface area contributed by atoms with Crippen LogP contribution in [0.1, 0.15) is 25.7 Å². The lowest BCUT2D eigenvalue weighted by Crippen LogP contribution is -2.62. The van der Waals surface area contributed by atoms with Crippen molar-refractivity contribution in [2.24, 2.45) is 0 Å². The molecule has 1 aliphatic rings. The summed E-state index contributed by atoms with van der Waals surface area (Å²) in [5.74, 6) is -10.0. The maximum absolute atomic E-state index is 12.1. The van der Waals surface area contributed by atoms with Gasteiger partial charge in [0.2, 0.25) is 11.2 Å². The average Bonchev–Trinajstić information content (AvgIpc) is 2.32. The van der Waals surface area contributed by atoms with Crippen LogP contribution in [-0.4, -0.2) is 67.4 Å². The van der Waals surface area contributed by atoms with E-state index in [-0.39, 0.29) is 0 Å². The van der Waals surface area contributed by atoms with Crippen molar-refractivity contribution in [2.75, 3.05) is 0 Å². The van der Waals surface area contributed by atoms with Crippen LogP contribution in [0.2, 0.25) is 0 Å². The van der Waals surface area contributed by atoms with Crippen molar-refractivity contribution in [3.63, 3.8) is 0 Å². The molecule has 1 heterocycles. The first kappa shape index (κ1) is 18.9. The lowest BCUT2D eigenvalue weighted by Gasteiger charge is -2.41. The van der Waals surface area contributed by atoms with Crippen LogP contribution in [-0.2, 0) is 38.2 Å². The summed E-state index contributed by atoms with van der Waals surface area (Å²) in [5.41, 5.74) is -5.43. The zero-order valence-electron chi connectivity index (χ0n) is 11.9. The van der Waals surface area contributed by atoms with E-state index in [1.807, 2.05) is 0 Å². The van der Waals surface area contributed by atoms with Crippen molar-refractivity contribution in [2.45, 2.75) is 36.9 Å². The number of carbonyl (C=O) groups is 6. The summed E-state index contributed by atoms with van der Waals surface area (Å²) < 4.78 is 9.25. The highest BCUT2D eigenvalue weighted by Crippen LogP contribution is 2.37. The molecule has 0 aromatic heterocycles. The molecule has 1 aliphatic heterocycles. The van der Waals surface area contributed by atoms with Crippen LogP contribution >= 0.6 is 0 Å². The lowest BCUT2D eigenvalue weighted by atomic mass is 9.88. The van der Waals surface area contributed by atoms with Gasteiger partial charge in [-0.25, -0.2) is 9.59 Å². The highest BCUT2D eigenvalue weighted by Gasteiger charge is 2.61. The van der Waals surface area contributed by atoms with E-state index in [1.54, 1.807) is 0 Å². The number of ether oxygens (including phenoxy) is 2. The number of esters is 2. The third-order valence-electron chi connectivity index (χ3n) is 3.07. The van der Waals surface area contributed by atoms with E-state index < -0.39 is 72.7 Å². The van der Waals surface area contributed by atoms with Crippen LogP contribution in [0.5, 0.6) is 0 Å². The van der Waals surface area contributed by atoms with Gasteiger partial charge in [-0.05, 0) is 0 Å². The molecular weight excluding hydrogens is 336 g/mol. The van der Waals surface area contributed by atoms with E-state index in [9.17, 15) is 28.8 Å². The number of rotatable bonds is 8. The number of carboxylic acid groups (broad SMARTS) is 4. The molecule has 0 spiro atoms. The fourth-order valence-corrected chi connectivity index (χ4v) is 2.16. The van der Waals surface area contributed by atoms with Crippen molar-refractivity contribution >= 4 is 35.8 Å². The number of aliphatic carboxylic acids is 4. The third-order valence-corrected chi connectivity index (χ3v) is 3.07. The highest BCUT2D eigenvalue weighted by molar-refractivity contribution is 6.00. The molecule has 1 saturated heterocycles. The van der Waals surface area contributed by atoms with Crippen LogP contribution in [0.4, 0.5) is 0 Å². The summed E-state index contributed by atoms with van der Waals surface area (Å²) in [6, 6.07) is 0. The van der Waals surface area contributed by atoms with Crippen LogP contribution in [0.25, 0.3) is 0 Å². The molecule has 0 radical (unpaired) electrons. The van der Waals surface area contributed by atoms with Crippen molar-refractivity contribution in [1.29, 1.82) is 0 Å². The summed E-state index contributed by atoms with van der Waals surface area (Å²) in [6.45, 7) is 0. The topological polar surface area (TPSA) is 202 Å². The highest BCUT2D eigenvalue weighted by atomic mass is 16.7. The van der Waals surface area contributed by atoms with Crippen molar-refractivity contribution in [1.82, 2.24) is 0 Å². The van der Waals surface area contributed by atoms with Gasteiger partial charge >= 0.3 is 35.8 Å². The van der Waals surface area contributed by atoms with Gasteiger partial charge in [-0.1, -0.05) is 0 Å². The summed E-state index contributed by atoms with van der Waals surface area (Å²) >= 11 is 0. The molecular formula is C12H12O12. The van der Waals surface area contributed by atoms with Gasteiger partial charge in [0, 0.05) is 0 Å². The maximum atomic E-state index is 12.1. The van der Waals surface area contributed by atoms with Crippen LogP contribution in [0.3, 0.4) is 0 Å². The molecule has 4 N–H and O–H groups in total. The van der Waals surface area contributed by atoms with Crippen LogP contribution in [0.15, 0.2) is 0 Å². The summed E-state index contributed by atoms with van der Waals surface area (Å²) in [6.07, 6.45) is -5.00. The molecule has 0 unspecified atom stereocenters. The van der Waals surface area contributed by atoms with E-state index in [2.05, 4.69) is 9.47 Å². The summed E-state index contributed by atoms with van der Waals surface area (Å²) in [7, 11) is 0. The van der Waals surface area contributed by atoms with Gasteiger partial charge in [0.15, 0.2) is 0 Å². The predicted molar refractivity (Wildman–Crippen MR) is 66.7 cm³/mol. The Morgan fingerprint density at radius 2 is 0.833 bits per heavy atom. The molecule has 1 rings (SSSR count). The van der Waals surface area contributed by atoms with E-state index in [1.165, 1.54) is 0 Å². The van der Waals surface area contributed by atoms with Crippen LogP contribution < -0.4 is 0 Å². The predicted octanol–water partition coefficient (Wildman–Crippen LogP) is -1.54. The molecule has 0 atom stereocenters. The minimum Gasteiger partial charge on any atom is -0.481 e. The standard InChI is InChI=1S/C12H12O12/c13-5(14)1-11(2-6(15)16)9(21)24-12(3-7(17)18,4-8(19)20)10(22)23-11/h1-4H2,(H,13,14)(H,15,16)(H,17,18)(H,19,20). The van der Waals surface area contributed by atoms with Gasteiger partial charge in [-0.15, -0.1) is 0 Å². The van der Waals surface area contributed by atoms with E-state index in [4.69, 9.17) is 20.4 Å². The quantitative estimate of drug-likeness (QED) is 0.369. The Labute approximate surface area is 132 Å².